The second kappa shape index (κ2) is 5.53. The summed E-state index contributed by atoms with van der Waals surface area (Å²) in [6.07, 6.45) is 1.24. The van der Waals surface area contributed by atoms with Gasteiger partial charge in [-0.25, -0.2) is 18.2 Å². The molecule has 0 aliphatic rings. The number of hydrogen-bond acceptors (Lipinski definition) is 4. The summed E-state index contributed by atoms with van der Waals surface area (Å²) in [4.78, 5) is 14.8. The van der Waals surface area contributed by atoms with E-state index < -0.39 is 16.0 Å². The van der Waals surface area contributed by atoms with Crippen molar-refractivity contribution >= 4 is 21.8 Å². The number of nitrogens with zero attached hydrogens (tertiary/aromatic N) is 1. The molecule has 1 heterocycles. The molecule has 2 N–H and O–H groups in total. The molecule has 1 aromatic heterocycles. The van der Waals surface area contributed by atoms with Crippen LogP contribution in [0.5, 0.6) is 0 Å². The van der Waals surface area contributed by atoms with Crippen LogP contribution in [-0.4, -0.2) is 24.5 Å². The highest BCUT2D eigenvalue weighted by Gasteiger charge is 2.18. The van der Waals surface area contributed by atoms with Gasteiger partial charge in [-0.15, -0.1) is 0 Å². The molecule has 6 nitrogen and oxygen atoms in total. The Balaban J connectivity index is 2.37. The van der Waals surface area contributed by atoms with E-state index in [4.69, 9.17) is 5.11 Å². The van der Waals surface area contributed by atoms with Gasteiger partial charge in [-0.1, -0.05) is 17.7 Å². The van der Waals surface area contributed by atoms with Crippen LogP contribution in [0.3, 0.4) is 0 Å². The molecule has 0 amide bonds. The van der Waals surface area contributed by atoms with E-state index in [2.05, 4.69) is 9.71 Å². The lowest BCUT2D eigenvalue weighted by molar-refractivity contribution is 0.0697. The molecule has 0 unspecified atom stereocenters. The fourth-order valence-electron chi connectivity index (χ4n) is 1.91. The number of nitrogens with one attached hydrogen (secondary N) is 1. The van der Waals surface area contributed by atoms with Gasteiger partial charge in [0.1, 0.15) is 5.82 Å². The van der Waals surface area contributed by atoms with Crippen molar-refractivity contribution in [2.45, 2.75) is 18.7 Å². The molecule has 0 saturated carbocycles. The first-order chi connectivity index (χ1) is 9.79. The Bertz CT molecular complexity index is 800. The summed E-state index contributed by atoms with van der Waals surface area (Å²) < 4.78 is 26.9. The van der Waals surface area contributed by atoms with E-state index in [1.54, 1.807) is 19.1 Å². The van der Waals surface area contributed by atoms with Crippen LogP contribution in [0.2, 0.25) is 0 Å². The highest BCUT2D eigenvalue weighted by atomic mass is 32.2. The van der Waals surface area contributed by atoms with Gasteiger partial charge in [0.15, 0.2) is 0 Å². The number of aromatic carboxylic acids is 1. The lowest BCUT2D eigenvalue weighted by Gasteiger charge is -2.10. The first-order valence-electron chi connectivity index (χ1n) is 6.09. The van der Waals surface area contributed by atoms with E-state index in [-0.39, 0.29) is 16.3 Å². The number of pyridine rings is 1. The molecule has 2 rings (SSSR count). The number of hydrogen-bond donors (Lipinski definition) is 2. The van der Waals surface area contributed by atoms with Crippen molar-refractivity contribution in [1.82, 2.24) is 4.98 Å². The second-order valence-electron chi connectivity index (χ2n) is 4.61. The fraction of sp³-hybridized carbons (Fsp3) is 0.143. The second-order valence-corrected chi connectivity index (χ2v) is 6.26. The van der Waals surface area contributed by atoms with Crippen molar-refractivity contribution in [1.29, 1.82) is 0 Å². The third-order valence-electron chi connectivity index (χ3n) is 2.87. The molecule has 0 atom stereocenters. The molecule has 2 aromatic rings. The summed E-state index contributed by atoms with van der Waals surface area (Å²) in [6, 6.07) is 7.42. The smallest absolute Gasteiger partial charge is 0.335 e. The Morgan fingerprint density at radius 2 is 1.90 bits per heavy atom. The number of benzene rings is 1. The summed E-state index contributed by atoms with van der Waals surface area (Å²) in [5.41, 5.74) is 1.53. The van der Waals surface area contributed by atoms with E-state index in [1.165, 1.54) is 24.4 Å². The van der Waals surface area contributed by atoms with Crippen molar-refractivity contribution in [3.05, 3.63) is 53.2 Å². The molecule has 0 fully saturated rings. The molecule has 0 spiro atoms. The Kier molecular flexibility index (Phi) is 3.95. The Morgan fingerprint density at radius 3 is 2.52 bits per heavy atom. The van der Waals surface area contributed by atoms with Gasteiger partial charge in [-0.3, -0.25) is 4.72 Å². The first kappa shape index (κ1) is 15.0. The minimum absolute atomic E-state index is 0.0325. The topological polar surface area (TPSA) is 96.4 Å². The van der Waals surface area contributed by atoms with Crippen LogP contribution in [0.25, 0.3) is 0 Å². The predicted octanol–water partition coefficient (Wildman–Crippen LogP) is 2.20. The monoisotopic (exact) mass is 306 g/mol. The SMILES string of the molecule is Cc1ccc(S(=O)(=O)Nc2cc(C(=O)O)ccn2)c(C)c1. The van der Waals surface area contributed by atoms with E-state index in [0.717, 1.165) is 5.56 Å². The zero-order valence-corrected chi connectivity index (χ0v) is 12.3. The highest BCUT2D eigenvalue weighted by molar-refractivity contribution is 7.92. The average Bonchev–Trinajstić information content (AvgIpc) is 2.37. The molecule has 0 saturated heterocycles. The van der Waals surface area contributed by atoms with Gasteiger partial charge in [-0.05, 0) is 37.6 Å². The maximum absolute atomic E-state index is 12.3. The van der Waals surface area contributed by atoms with Crippen molar-refractivity contribution in [2.75, 3.05) is 4.72 Å². The third kappa shape index (κ3) is 3.38. The lowest BCUT2D eigenvalue weighted by Crippen LogP contribution is -2.15. The van der Waals surface area contributed by atoms with Gasteiger partial charge in [0, 0.05) is 6.20 Å². The van der Waals surface area contributed by atoms with Crippen molar-refractivity contribution < 1.29 is 18.3 Å². The van der Waals surface area contributed by atoms with Crippen LogP contribution in [-0.2, 0) is 10.0 Å². The van der Waals surface area contributed by atoms with Crippen LogP contribution in [0, 0.1) is 13.8 Å². The molecule has 110 valence electrons. The molecule has 1 aromatic carbocycles. The Labute approximate surface area is 122 Å². The zero-order chi connectivity index (χ0) is 15.6. The molecule has 0 aliphatic heterocycles. The van der Waals surface area contributed by atoms with Gasteiger partial charge in [0.25, 0.3) is 10.0 Å². The van der Waals surface area contributed by atoms with E-state index in [1.807, 2.05) is 6.92 Å². The maximum Gasteiger partial charge on any atom is 0.335 e. The summed E-state index contributed by atoms with van der Waals surface area (Å²) in [6.45, 7) is 3.57. The van der Waals surface area contributed by atoms with Gasteiger partial charge >= 0.3 is 5.97 Å². The van der Waals surface area contributed by atoms with Gasteiger partial charge in [0.05, 0.1) is 10.5 Å². The minimum Gasteiger partial charge on any atom is -0.478 e. The third-order valence-corrected chi connectivity index (χ3v) is 4.38. The molecule has 7 heteroatoms. The zero-order valence-electron chi connectivity index (χ0n) is 11.5. The number of carboxylic acid groups (broad SMARTS) is 1. The van der Waals surface area contributed by atoms with Crippen molar-refractivity contribution in [3.8, 4) is 0 Å². The normalized spacial score (nSPS) is 11.1. The number of rotatable bonds is 4. The number of anilines is 1. The summed E-state index contributed by atoms with van der Waals surface area (Å²) in [5.74, 6) is -1.18. The summed E-state index contributed by atoms with van der Waals surface area (Å²) in [7, 11) is -3.81. The Morgan fingerprint density at radius 1 is 1.19 bits per heavy atom. The van der Waals surface area contributed by atoms with E-state index in [0.29, 0.717) is 5.56 Å². The van der Waals surface area contributed by atoms with Crippen molar-refractivity contribution in [3.63, 3.8) is 0 Å². The standard InChI is InChI=1S/C14H14N2O4S/c1-9-3-4-12(10(2)7-9)21(19,20)16-13-8-11(14(17)18)5-6-15-13/h3-8H,1-2H3,(H,15,16)(H,17,18). The average molecular weight is 306 g/mol. The first-order valence-corrected chi connectivity index (χ1v) is 7.57. The molecular formula is C14H14N2O4S. The Hall–Kier alpha value is -2.41. The number of carbonyl (C=O) groups is 1. The van der Waals surface area contributed by atoms with Gasteiger partial charge < -0.3 is 5.11 Å². The summed E-state index contributed by atoms with van der Waals surface area (Å²) >= 11 is 0. The highest BCUT2D eigenvalue weighted by Crippen LogP contribution is 2.19. The van der Waals surface area contributed by atoms with Crippen LogP contribution < -0.4 is 4.72 Å². The van der Waals surface area contributed by atoms with Crippen LogP contribution in [0.4, 0.5) is 5.82 Å². The number of carboxylic acids is 1. The lowest BCUT2D eigenvalue weighted by atomic mass is 10.2. The van der Waals surface area contributed by atoms with Crippen LogP contribution in [0.15, 0.2) is 41.4 Å². The van der Waals surface area contributed by atoms with Crippen molar-refractivity contribution in [2.24, 2.45) is 0 Å². The van der Waals surface area contributed by atoms with Crippen LogP contribution >= 0.6 is 0 Å². The number of aryl methyl sites for hydroxylation is 2. The van der Waals surface area contributed by atoms with Crippen LogP contribution in [0.1, 0.15) is 21.5 Å². The summed E-state index contributed by atoms with van der Waals surface area (Å²) in [5, 5.41) is 8.89. The van der Waals surface area contributed by atoms with Gasteiger partial charge in [0.2, 0.25) is 0 Å². The molecule has 0 aliphatic carbocycles. The minimum atomic E-state index is -3.81. The maximum atomic E-state index is 12.3. The molecular weight excluding hydrogens is 292 g/mol. The largest absolute Gasteiger partial charge is 0.478 e. The molecule has 21 heavy (non-hydrogen) atoms. The van der Waals surface area contributed by atoms with E-state index in [9.17, 15) is 13.2 Å². The predicted molar refractivity (Wildman–Crippen MR) is 77.9 cm³/mol. The number of aromatic nitrogens is 1. The number of sulfonamides is 1. The fourth-order valence-corrected chi connectivity index (χ4v) is 3.14. The molecule has 0 radical (unpaired) electrons. The van der Waals surface area contributed by atoms with Gasteiger partial charge in [-0.2, -0.15) is 0 Å². The quantitative estimate of drug-likeness (QED) is 0.902. The molecule has 0 bridgehead atoms. The van der Waals surface area contributed by atoms with E-state index >= 15 is 0 Å².